The summed E-state index contributed by atoms with van der Waals surface area (Å²) in [5.74, 6) is 0. The Hall–Kier alpha value is -0.551. The number of hydrogen-bond donors (Lipinski definition) is 30. The van der Waals surface area contributed by atoms with Crippen molar-refractivity contribution in [3.63, 3.8) is 0 Å². The molecule has 40 heavy (non-hydrogen) atoms. The molecule has 0 aromatic rings. The molecule has 0 bridgehead atoms. The van der Waals surface area contributed by atoms with Crippen molar-refractivity contribution in [1.29, 1.82) is 0 Å². The molecular weight excluding hydrogens is 588 g/mol. The summed E-state index contributed by atoms with van der Waals surface area (Å²) in [6, 6.07) is 0. The average Bonchev–Trinajstić information content (AvgIpc) is 2.47. The summed E-state index contributed by atoms with van der Waals surface area (Å²) in [6.45, 7) is 0. The van der Waals surface area contributed by atoms with Crippen LogP contribution >= 0.6 is 0 Å². The van der Waals surface area contributed by atoms with Crippen LogP contribution in [0.4, 0.5) is 0 Å². The Bertz CT molecular complexity index is 180. The molecule has 0 saturated carbocycles. The van der Waals surface area contributed by atoms with Crippen molar-refractivity contribution in [2.45, 2.75) is 0 Å². The third-order valence-electron chi connectivity index (χ3n) is 0. The van der Waals surface area contributed by atoms with Crippen molar-refractivity contribution >= 4 is 73.2 Å². The maximum absolute atomic E-state index is 7.17. The first-order valence-electron chi connectivity index (χ1n) is 7.75. The zero-order chi connectivity index (χ0) is 35.8. The number of rotatable bonds is 0. The second kappa shape index (κ2) is 62.2. The Kier molecular flexibility index (Phi) is 105. The Morgan fingerprint density at radius 3 is 0.100 bits per heavy atom. The highest BCUT2D eigenvalue weighted by Gasteiger charge is 1.95. The summed E-state index contributed by atoms with van der Waals surface area (Å²) >= 11 is 0. The predicted octanol–water partition coefficient (Wildman–Crippen LogP) is -20.5. The first-order valence-corrected chi connectivity index (χ1v) is 7.75. The Balaban J connectivity index is -0.0000000312. The van der Waals surface area contributed by atoms with Crippen LogP contribution in [0.5, 0.6) is 0 Å². The van der Waals surface area contributed by atoms with Gasteiger partial charge in [-0.2, -0.15) is 0 Å². The van der Waals surface area contributed by atoms with Crippen LogP contribution in [0.1, 0.15) is 0 Å². The van der Waals surface area contributed by atoms with E-state index in [1.54, 1.807) is 0 Å². The molecule has 0 rings (SSSR count). The van der Waals surface area contributed by atoms with Gasteiger partial charge in [0, 0.05) is 0 Å². The first kappa shape index (κ1) is 67.2. The fourth-order valence-electron chi connectivity index (χ4n) is 0. The van der Waals surface area contributed by atoms with Crippen LogP contribution in [-0.2, 0) is 0 Å². The van der Waals surface area contributed by atoms with Gasteiger partial charge in [0.15, 0.2) is 0 Å². The maximum Gasteiger partial charge on any atom is 0.631 e. The largest absolute Gasteiger partial charge is 0.631 e. The van der Waals surface area contributed by atoms with E-state index < -0.39 is 73.2 Å². The summed E-state index contributed by atoms with van der Waals surface area (Å²) in [7, 11) is -21.7. The van der Waals surface area contributed by atoms with Gasteiger partial charge in [0.1, 0.15) is 0 Å². The van der Waals surface area contributed by atoms with Crippen molar-refractivity contribution in [2.75, 3.05) is 0 Å². The Morgan fingerprint density at radius 2 is 0.100 bits per heavy atom. The zero-order valence-electron chi connectivity index (χ0n) is 19.2. The summed E-state index contributed by atoms with van der Waals surface area (Å²) in [5, 5.41) is 215. The topological polar surface area (TPSA) is 607 Å². The standard InChI is InChI=1S/10BH3O3/c10*2-1(3)4/h10*2-4H. The fraction of sp³-hybridized carbons (Fsp3) is 0. The van der Waals surface area contributed by atoms with E-state index in [4.69, 9.17) is 151 Å². The third kappa shape index (κ3) is 164000. The van der Waals surface area contributed by atoms with E-state index in [0.29, 0.717) is 0 Å². The van der Waals surface area contributed by atoms with Gasteiger partial charge in [0.05, 0.1) is 0 Å². The van der Waals surface area contributed by atoms with E-state index in [1.807, 2.05) is 0 Å². The maximum atomic E-state index is 7.17. The predicted molar refractivity (Wildman–Crippen MR) is 124 cm³/mol. The molecule has 0 spiro atoms. The molecular formula is H30B10O30. The van der Waals surface area contributed by atoms with E-state index in [9.17, 15) is 0 Å². The molecule has 30 nitrogen and oxygen atoms in total. The molecule has 40 heteroatoms. The Morgan fingerprint density at radius 1 is 0.100 bits per heavy atom. The average molecular weight is 618 g/mol. The van der Waals surface area contributed by atoms with Gasteiger partial charge in [-0.1, -0.05) is 0 Å². The van der Waals surface area contributed by atoms with Crippen LogP contribution in [-0.4, -0.2) is 224 Å². The highest BCUT2D eigenvalue weighted by atomic mass is 16.6. The van der Waals surface area contributed by atoms with Gasteiger partial charge in [-0.15, -0.1) is 0 Å². The highest BCUT2D eigenvalue weighted by Crippen LogP contribution is 1.43. The molecule has 30 N–H and O–H groups in total. The van der Waals surface area contributed by atoms with Crippen LogP contribution in [0.15, 0.2) is 0 Å². The van der Waals surface area contributed by atoms with Crippen molar-refractivity contribution < 1.29 is 151 Å². The lowest BCUT2D eigenvalue weighted by Crippen LogP contribution is -2.07. The molecule has 0 aromatic heterocycles. The second-order valence-corrected chi connectivity index (χ2v) is 3.46. The lowest BCUT2D eigenvalue weighted by atomic mass is 10.3. The van der Waals surface area contributed by atoms with Crippen molar-refractivity contribution in [1.82, 2.24) is 0 Å². The van der Waals surface area contributed by atoms with E-state index in [1.165, 1.54) is 0 Å². The van der Waals surface area contributed by atoms with Gasteiger partial charge in [-0.3, -0.25) is 0 Å². The van der Waals surface area contributed by atoms with E-state index in [2.05, 4.69) is 0 Å². The van der Waals surface area contributed by atoms with Gasteiger partial charge < -0.3 is 151 Å². The van der Waals surface area contributed by atoms with Gasteiger partial charge >= 0.3 is 73.2 Å². The van der Waals surface area contributed by atoms with Crippen molar-refractivity contribution in [2.24, 2.45) is 0 Å². The SMILES string of the molecule is OB(O)O.OB(O)O.OB(O)O.OB(O)O.OB(O)O.OB(O)O.OB(O)O.OB(O)O.OB(O)O.OB(O)O. The smallest absolute Gasteiger partial charge is 0.402 e. The molecule has 0 aliphatic rings. The minimum absolute atomic E-state index is 2.17. The minimum Gasteiger partial charge on any atom is -0.402 e. The molecule has 0 aromatic carbocycles. The molecule has 0 fully saturated rings. The summed E-state index contributed by atoms with van der Waals surface area (Å²) in [6.07, 6.45) is 0. The molecule has 0 atom stereocenters. The summed E-state index contributed by atoms with van der Waals surface area (Å²) < 4.78 is 0. The normalized spacial score (nSPS) is 6.75. The van der Waals surface area contributed by atoms with E-state index in [-0.39, 0.29) is 0 Å². The summed E-state index contributed by atoms with van der Waals surface area (Å²) in [5.41, 5.74) is 0. The van der Waals surface area contributed by atoms with Gasteiger partial charge in [-0.05, 0) is 0 Å². The second-order valence-electron chi connectivity index (χ2n) is 3.46. The fourth-order valence-corrected chi connectivity index (χ4v) is 0. The van der Waals surface area contributed by atoms with Crippen molar-refractivity contribution in [3.8, 4) is 0 Å². The molecule has 240 valence electrons. The van der Waals surface area contributed by atoms with Crippen LogP contribution in [0.25, 0.3) is 0 Å². The minimum atomic E-state index is -2.17. The molecule has 0 aliphatic heterocycles. The molecule has 0 radical (unpaired) electrons. The van der Waals surface area contributed by atoms with Crippen LogP contribution in [0.2, 0.25) is 0 Å². The van der Waals surface area contributed by atoms with E-state index >= 15 is 0 Å². The van der Waals surface area contributed by atoms with Crippen LogP contribution in [0.3, 0.4) is 0 Å². The monoisotopic (exact) mass is 620 g/mol. The molecule has 0 aliphatic carbocycles. The lowest BCUT2D eigenvalue weighted by molar-refractivity contribution is 0.276. The van der Waals surface area contributed by atoms with Crippen molar-refractivity contribution in [3.05, 3.63) is 0 Å². The molecule has 0 saturated heterocycles. The van der Waals surface area contributed by atoms with Gasteiger partial charge in [0.2, 0.25) is 0 Å². The third-order valence-corrected chi connectivity index (χ3v) is 0. The summed E-state index contributed by atoms with van der Waals surface area (Å²) in [4.78, 5) is 0. The highest BCUT2D eigenvalue weighted by molar-refractivity contribution is 6.32. The van der Waals surface area contributed by atoms with Crippen LogP contribution in [0, 0.1) is 0 Å². The molecule has 0 amide bonds. The number of hydrogen-bond acceptors (Lipinski definition) is 30. The van der Waals surface area contributed by atoms with Gasteiger partial charge in [-0.25, -0.2) is 0 Å². The first-order chi connectivity index (χ1) is 17.3. The lowest BCUT2D eigenvalue weighted by Gasteiger charge is -1.69. The van der Waals surface area contributed by atoms with Gasteiger partial charge in [0.25, 0.3) is 0 Å². The quantitative estimate of drug-likeness (QED) is 0.112. The van der Waals surface area contributed by atoms with E-state index in [0.717, 1.165) is 0 Å². The zero-order valence-corrected chi connectivity index (χ0v) is 19.2. The Labute approximate surface area is 225 Å². The van der Waals surface area contributed by atoms with Crippen LogP contribution < -0.4 is 0 Å². The molecule has 0 heterocycles. The molecule has 0 unspecified atom stereocenters.